The smallest absolute Gasteiger partial charge is 0.234 e. The summed E-state index contributed by atoms with van der Waals surface area (Å²) in [5, 5.41) is 6.75. The number of amides is 1. The van der Waals surface area contributed by atoms with Crippen LogP contribution in [0.25, 0.3) is 0 Å². The molecule has 0 spiro atoms. The van der Waals surface area contributed by atoms with Crippen molar-refractivity contribution in [1.29, 1.82) is 0 Å². The molecule has 1 aliphatic carbocycles. The van der Waals surface area contributed by atoms with Gasteiger partial charge in [-0.15, -0.1) is 0 Å². The molecular weight excluding hydrogens is 254 g/mol. The highest BCUT2D eigenvalue weighted by Crippen LogP contribution is 2.44. The Morgan fingerprint density at radius 3 is 2.60 bits per heavy atom. The van der Waals surface area contributed by atoms with Crippen LogP contribution < -0.4 is 11.1 Å². The fourth-order valence-electron chi connectivity index (χ4n) is 3.05. The Kier molecular flexibility index (Phi) is 3.91. The van der Waals surface area contributed by atoms with Crippen LogP contribution in [0, 0.1) is 31.1 Å². The number of hydrogen-bond acceptors (Lipinski definition) is 4. The van der Waals surface area contributed by atoms with Gasteiger partial charge in [-0.3, -0.25) is 10.1 Å². The van der Waals surface area contributed by atoms with Crippen molar-refractivity contribution in [2.75, 3.05) is 5.32 Å². The number of carbonyl (C=O) groups excluding carboxylic acids is 1. The maximum absolute atomic E-state index is 12.6. The summed E-state index contributed by atoms with van der Waals surface area (Å²) in [6.45, 7) is 10.1. The third-order valence-corrected chi connectivity index (χ3v) is 5.21. The number of aryl methyl sites for hydroxylation is 1. The summed E-state index contributed by atoms with van der Waals surface area (Å²) in [5.74, 6) is 0.727. The number of nitrogens with one attached hydrogen (secondary N) is 1. The minimum atomic E-state index is -0.120. The molecule has 1 fully saturated rings. The van der Waals surface area contributed by atoms with Gasteiger partial charge >= 0.3 is 0 Å². The average Bonchev–Trinajstić information content (AvgIpc) is 2.68. The van der Waals surface area contributed by atoms with E-state index in [9.17, 15) is 4.79 Å². The van der Waals surface area contributed by atoms with E-state index in [2.05, 4.69) is 31.2 Å². The largest absolute Gasteiger partial charge is 0.338 e. The summed E-state index contributed by atoms with van der Waals surface area (Å²) in [7, 11) is 0. The van der Waals surface area contributed by atoms with Crippen molar-refractivity contribution in [3.05, 3.63) is 11.3 Å². The molecule has 1 aromatic heterocycles. The molecule has 20 heavy (non-hydrogen) atoms. The number of rotatable bonds is 2. The molecule has 1 saturated carbocycles. The zero-order valence-corrected chi connectivity index (χ0v) is 13.0. The van der Waals surface area contributed by atoms with Crippen LogP contribution in [0.1, 0.15) is 44.9 Å². The molecule has 5 heteroatoms. The molecule has 1 aliphatic rings. The Morgan fingerprint density at radius 1 is 1.40 bits per heavy atom. The normalized spacial score (nSPS) is 29.2. The highest BCUT2D eigenvalue weighted by molar-refractivity contribution is 5.92. The van der Waals surface area contributed by atoms with E-state index in [1.54, 1.807) is 0 Å². The predicted octanol–water partition coefficient (Wildman–Crippen LogP) is 2.63. The summed E-state index contributed by atoms with van der Waals surface area (Å²) in [5.41, 5.74) is 7.71. The molecule has 2 rings (SSSR count). The number of nitrogens with two attached hydrogens (primary N) is 1. The van der Waals surface area contributed by atoms with Crippen LogP contribution in [0.5, 0.6) is 0 Å². The minimum absolute atomic E-state index is 0.00741. The lowest BCUT2D eigenvalue weighted by molar-refractivity contribution is -0.127. The van der Waals surface area contributed by atoms with Crippen LogP contribution in [0.3, 0.4) is 0 Å². The van der Waals surface area contributed by atoms with Gasteiger partial charge in [0.2, 0.25) is 11.8 Å². The van der Waals surface area contributed by atoms with E-state index in [-0.39, 0.29) is 23.3 Å². The van der Waals surface area contributed by atoms with Crippen molar-refractivity contribution in [1.82, 2.24) is 5.16 Å². The molecular formula is C15H25N3O2. The van der Waals surface area contributed by atoms with Gasteiger partial charge in [-0.25, -0.2) is 0 Å². The number of anilines is 1. The van der Waals surface area contributed by atoms with Crippen LogP contribution in [-0.4, -0.2) is 17.1 Å². The Morgan fingerprint density at radius 2 is 2.05 bits per heavy atom. The van der Waals surface area contributed by atoms with Crippen molar-refractivity contribution in [3.8, 4) is 0 Å². The van der Waals surface area contributed by atoms with Gasteiger partial charge < -0.3 is 10.3 Å². The third-order valence-electron chi connectivity index (χ3n) is 5.21. The number of aromatic nitrogens is 1. The predicted molar refractivity (Wildman–Crippen MR) is 78.3 cm³/mol. The van der Waals surface area contributed by atoms with Gasteiger partial charge in [0.1, 0.15) is 0 Å². The summed E-state index contributed by atoms with van der Waals surface area (Å²) >= 11 is 0. The van der Waals surface area contributed by atoms with Gasteiger partial charge in [-0.2, -0.15) is 0 Å². The second kappa shape index (κ2) is 5.20. The molecule has 3 unspecified atom stereocenters. The first-order chi connectivity index (χ1) is 9.25. The molecule has 0 aliphatic heterocycles. The molecule has 3 N–H and O–H groups in total. The van der Waals surface area contributed by atoms with E-state index in [4.69, 9.17) is 10.3 Å². The highest BCUT2D eigenvalue weighted by atomic mass is 16.5. The second-order valence-electron chi connectivity index (χ2n) is 6.62. The minimum Gasteiger partial charge on any atom is -0.338 e. The summed E-state index contributed by atoms with van der Waals surface area (Å²) in [6, 6.07) is 0.170. The summed E-state index contributed by atoms with van der Waals surface area (Å²) in [4.78, 5) is 12.6. The zero-order chi connectivity index (χ0) is 15.1. The van der Waals surface area contributed by atoms with E-state index < -0.39 is 0 Å². The number of carbonyl (C=O) groups is 1. The molecule has 0 aromatic carbocycles. The Bertz CT molecular complexity index is 507. The van der Waals surface area contributed by atoms with Gasteiger partial charge in [0.05, 0.1) is 5.69 Å². The Hall–Kier alpha value is -1.36. The lowest BCUT2D eigenvalue weighted by Crippen LogP contribution is -2.50. The van der Waals surface area contributed by atoms with Crippen LogP contribution in [-0.2, 0) is 4.79 Å². The van der Waals surface area contributed by atoms with Crippen molar-refractivity contribution in [2.24, 2.45) is 23.0 Å². The summed E-state index contributed by atoms with van der Waals surface area (Å²) in [6.07, 6.45) is 1.70. The van der Waals surface area contributed by atoms with Crippen LogP contribution >= 0.6 is 0 Å². The molecule has 5 nitrogen and oxygen atoms in total. The van der Waals surface area contributed by atoms with Gasteiger partial charge in [0.15, 0.2) is 0 Å². The number of hydrogen-bond donors (Lipinski definition) is 2. The van der Waals surface area contributed by atoms with Crippen molar-refractivity contribution >= 4 is 11.8 Å². The highest BCUT2D eigenvalue weighted by Gasteiger charge is 2.45. The quantitative estimate of drug-likeness (QED) is 0.872. The van der Waals surface area contributed by atoms with Gasteiger partial charge in [-0.05, 0) is 38.0 Å². The van der Waals surface area contributed by atoms with Gasteiger partial charge in [-0.1, -0.05) is 25.9 Å². The topological polar surface area (TPSA) is 81.2 Å². The fraction of sp³-hybridized carbons (Fsp3) is 0.733. The van der Waals surface area contributed by atoms with Crippen molar-refractivity contribution in [3.63, 3.8) is 0 Å². The molecule has 1 aromatic rings. The monoisotopic (exact) mass is 279 g/mol. The molecule has 0 radical (unpaired) electrons. The van der Waals surface area contributed by atoms with E-state index in [0.29, 0.717) is 11.8 Å². The Balaban J connectivity index is 2.15. The zero-order valence-electron chi connectivity index (χ0n) is 13.0. The van der Waals surface area contributed by atoms with E-state index in [1.165, 1.54) is 0 Å². The van der Waals surface area contributed by atoms with E-state index in [0.717, 1.165) is 24.1 Å². The fourth-order valence-corrected chi connectivity index (χ4v) is 3.05. The lowest BCUT2D eigenvalue weighted by Gasteiger charge is -2.45. The van der Waals surface area contributed by atoms with E-state index in [1.807, 2.05) is 13.8 Å². The Labute approximate surface area is 120 Å². The van der Waals surface area contributed by atoms with E-state index >= 15 is 0 Å². The molecule has 3 atom stereocenters. The lowest BCUT2D eigenvalue weighted by atomic mass is 9.61. The van der Waals surface area contributed by atoms with Crippen molar-refractivity contribution < 1.29 is 9.32 Å². The molecule has 1 amide bonds. The first kappa shape index (κ1) is 15.0. The number of nitrogens with zero attached hydrogens (tertiary/aromatic N) is 1. The molecule has 0 saturated heterocycles. The van der Waals surface area contributed by atoms with Crippen LogP contribution in [0.2, 0.25) is 0 Å². The molecule has 1 heterocycles. The average molecular weight is 279 g/mol. The van der Waals surface area contributed by atoms with Gasteiger partial charge in [0.25, 0.3) is 0 Å². The second-order valence-corrected chi connectivity index (χ2v) is 6.62. The third kappa shape index (κ3) is 2.46. The molecule has 0 bridgehead atoms. The first-order valence-electron chi connectivity index (χ1n) is 7.24. The maximum atomic E-state index is 12.6. The van der Waals surface area contributed by atoms with Crippen LogP contribution in [0.15, 0.2) is 4.52 Å². The van der Waals surface area contributed by atoms with Crippen LogP contribution in [0.4, 0.5) is 5.88 Å². The maximum Gasteiger partial charge on any atom is 0.234 e. The SMILES string of the molecule is Cc1noc(NC(=O)C2CCC(N)C(C)C2(C)C)c1C. The molecule has 112 valence electrons. The standard InChI is InChI=1S/C15H25N3O2/c1-8-10(3)18-20-14(8)17-13(19)11-6-7-12(16)9(2)15(11,4)5/h9,11-12H,6-7,16H2,1-5H3,(H,17,19). The first-order valence-corrected chi connectivity index (χ1v) is 7.24. The van der Waals surface area contributed by atoms with Gasteiger partial charge in [0, 0.05) is 17.5 Å². The van der Waals surface area contributed by atoms with Crippen molar-refractivity contribution in [2.45, 2.75) is 53.5 Å². The summed E-state index contributed by atoms with van der Waals surface area (Å²) < 4.78 is 5.17.